The maximum atomic E-state index is 16.4. The van der Waals surface area contributed by atoms with Gasteiger partial charge in [0.1, 0.15) is 95.5 Å². The number of nitrogens with one attached hydrogen (secondary N) is 10. The number of aromatic hydroxyl groups is 3. The minimum Gasteiger partial charge on any atom is -0.508 e. The molecule has 127 heavy (non-hydrogen) atoms. The summed E-state index contributed by atoms with van der Waals surface area (Å²) < 4.78 is 71.9. The number of likely N-dealkylation sites (N-methyl/N-ethyl adjacent to an activating group) is 1. The zero-order valence-corrected chi connectivity index (χ0v) is 71.6. The number of amides is 9. The normalized spacial score (nSPS) is 25.9. The van der Waals surface area contributed by atoms with Crippen LogP contribution in [-0.2, 0) is 74.1 Å². The van der Waals surface area contributed by atoms with Gasteiger partial charge in [-0.15, -0.1) is 0 Å². The van der Waals surface area contributed by atoms with E-state index in [1.54, 1.807) is 20.8 Å². The Kier molecular flexibility index (Phi) is 30.1. The van der Waals surface area contributed by atoms with Crippen LogP contribution in [-0.4, -0.2) is 222 Å². The van der Waals surface area contributed by atoms with Crippen LogP contribution in [0.5, 0.6) is 46.0 Å². The number of hydrogen-bond donors (Lipinski definition) is 21. The van der Waals surface area contributed by atoms with Crippen LogP contribution in [0.15, 0.2) is 116 Å². The number of nitrogens with zero attached hydrogens (tertiary/aromatic N) is 1. The van der Waals surface area contributed by atoms with Crippen molar-refractivity contribution < 1.29 is 135 Å². The van der Waals surface area contributed by atoms with Gasteiger partial charge < -0.3 is 128 Å². The van der Waals surface area contributed by atoms with Crippen LogP contribution in [0.3, 0.4) is 0 Å². The van der Waals surface area contributed by atoms with E-state index >= 15 is 24.0 Å². The lowest BCUT2D eigenvalue weighted by atomic mass is 9.84. The molecule has 45 heteroatoms. The highest BCUT2D eigenvalue weighted by Crippen LogP contribution is 2.50. The smallest absolute Gasteiger partial charge is 0.270 e. The van der Waals surface area contributed by atoms with Crippen LogP contribution in [0.4, 0.5) is 5.69 Å². The van der Waals surface area contributed by atoms with Gasteiger partial charge in [-0.2, -0.15) is 8.42 Å². The van der Waals surface area contributed by atoms with Crippen LogP contribution < -0.4 is 73.3 Å². The van der Waals surface area contributed by atoms with Crippen molar-refractivity contribution in [2.24, 2.45) is 11.7 Å². The van der Waals surface area contributed by atoms with Crippen LogP contribution in [0, 0.1) is 5.92 Å². The van der Waals surface area contributed by atoms with Crippen molar-refractivity contribution in [1.82, 2.24) is 53.0 Å². The third kappa shape index (κ3) is 22.4. The molecular weight excluding hydrogens is 1770 g/mol. The molecular formula is C82H90Cl4N12O28S. The molecule has 680 valence electrons. The second kappa shape index (κ2) is 40.2. The van der Waals surface area contributed by atoms with Crippen molar-refractivity contribution in [3.05, 3.63) is 175 Å². The molecule has 0 saturated carbocycles. The van der Waals surface area contributed by atoms with Crippen molar-refractivity contribution in [1.29, 1.82) is 0 Å². The van der Waals surface area contributed by atoms with Crippen LogP contribution in [0.2, 0.25) is 20.1 Å². The summed E-state index contributed by atoms with van der Waals surface area (Å²) in [7, 11) is -3.09. The summed E-state index contributed by atoms with van der Waals surface area (Å²) >= 11 is 26.7. The lowest BCUT2D eigenvalue weighted by molar-refractivity contribution is -0.334. The number of pyridine rings is 1. The fourth-order valence-electron chi connectivity index (χ4n) is 15.0. The number of hydrogen-bond acceptors (Lipinski definition) is 30. The maximum absolute atomic E-state index is 16.4. The van der Waals surface area contributed by atoms with E-state index in [1.807, 2.05) is 5.48 Å². The zero-order valence-electron chi connectivity index (χ0n) is 67.8. The number of benzene rings is 6. The Morgan fingerprint density at radius 2 is 1.35 bits per heavy atom. The molecule has 9 amide bonds. The molecule has 0 radical (unpaired) electrons. The van der Waals surface area contributed by atoms with Crippen molar-refractivity contribution in [3.63, 3.8) is 0 Å². The molecule has 6 aromatic carbocycles. The van der Waals surface area contributed by atoms with Crippen molar-refractivity contribution >= 4 is 115 Å². The zero-order chi connectivity index (χ0) is 92.1. The Bertz CT molecular complexity index is 5500. The predicted molar refractivity (Wildman–Crippen MR) is 448 cm³/mol. The van der Waals surface area contributed by atoms with Gasteiger partial charge in [-0.05, 0) is 152 Å². The van der Waals surface area contributed by atoms with Crippen molar-refractivity contribution in [2.75, 3.05) is 31.3 Å². The molecule has 18 atom stereocenters. The van der Waals surface area contributed by atoms with E-state index in [2.05, 4.69) is 52.8 Å². The number of carbonyl (C=O) groups is 9. The quantitative estimate of drug-likeness (QED) is 0.0248. The molecule has 11 bridgehead atoms. The third-order valence-corrected chi connectivity index (χ3v) is 23.3. The number of hydroxylamine groups is 1. The molecule has 40 nitrogen and oxygen atoms in total. The van der Waals surface area contributed by atoms with Gasteiger partial charge in [-0.3, -0.25) is 57.5 Å². The highest BCUT2D eigenvalue weighted by molar-refractivity contribution is 7.85. The summed E-state index contributed by atoms with van der Waals surface area (Å²) in [5.74, 6) is -17.7. The average Bonchev–Trinajstić information content (AvgIpc) is 0.753. The summed E-state index contributed by atoms with van der Waals surface area (Å²) in [6.45, 7) is 5.01. The molecule has 1 aromatic heterocycles. The van der Waals surface area contributed by atoms with Crippen LogP contribution >= 0.6 is 46.4 Å². The Morgan fingerprint density at radius 1 is 0.709 bits per heavy atom. The average molecular weight is 1870 g/mol. The first-order valence-corrected chi connectivity index (χ1v) is 42.5. The molecule has 7 aliphatic rings. The topological polar surface area (TPSA) is 614 Å². The summed E-state index contributed by atoms with van der Waals surface area (Å²) in [5, 5.41) is 130. The Labute approximate surface area is 743 Å². The fraction of sp³-hybridized carbons (Fsp3) is 0.390. The second-order valence-corrected chi connectivity index (χ2v) is 34.5. The summed E-state index contributed by atoms with van der Waals surface area (Å²) in [6.07, 6.45) is -17.4. The highest BCUT2D eigenvalue weighted by atomic mass is 35.5. The van der Waals surface area contributed by atoms with Gasteiger partial charge in [0.25, 0.3) is 21.9 Å². The SMILES string of the molecule is CNC(CC(C)C)C(=O)NC1C(=O)NC(CC(N)=O)C(=O)NC2C(=O)NC3C(=O)NC(C(=O)NC(C(=O)NOCCCS(=O)(=O)O)c4cc(O)cc(O)c4-c4cc3ccc4O)C(O)c3ccc(c(Cl)c3)Oc3cc2cc(c3OC2OC(CO)C(O)C(O)C2OC2CC(C)(NCc3cncc(C(=O)Nc4cc(Cl)cc(Cl)c4)c3)C(O)C(C)O2)Oc2ccc(cc2Cl)C1O. The number of phenols is 3. The van der Waals surface area contributed by atoms with E-state index in [0.29, 0.717) is 11.3 Å². The lowest BCUT2D eigenvalue weighted by Gasteiger charge is -2.48. The number of ether oxygens (including phenoxy) is 6. The number of fused-ring (bicyclic) bond motifs is 15. The largest absolute Gasteiger partial charge is 0.508 e. The fourth-order valence-corrected chi connectivity index (χ4v) is 16.5. The minimum atomic E-state index is -4.55. The number of nitrogens with two attached hydrogens (primary N) is 1. The number of carbonyl (C=O) groups excluding carboxylic acids is 9. The molecule has 8 heterocycles. The van der Waals surface area contributed by atoms with E-state index < -0.39 is 288 Å². The van der Waals surface area contributed by atoms with Gasteiger partial charge in [0, 0.05) is 63.8 Å². The van der Waals surface area contributed by atoms with E-state index in [4.69, 9.17) is 85.4 Å². The number of rotatable bonds is 23. The summed E-state index contributed by atoms with van der Waals surface area (Å²) in [5.41, 5.74) is 4.12. The number of aromatic nitrogens is 1. The van der Waals surface area contributed by atoms with Gasteiger partial charge >= 0.3 is 0 Å². The Balaban J connectivity index is 1.02. The van der Waals surface area contributed by atoms with Crippen LogP contribution in [0.25, 0.3) is 11.1 Å². The van der Waals surface area contributed by atoms with Gasteiger partial charge in [-0.1, -0.05) is 78.5 Å². The van der Waals surface area contributed by atoms with Gasteiger partial charge in [0.05, 0.1) is 59.2 Å². The maximum Gasteiger partial charge on any atom is 0.270 e. The Hall–Kier alpha value is -10.9. The standard InChI is InChI=1S/C82H90Cl4N12O28S/c1-33(2)15-49(88-5)74(110)96-64-66(104)37-8-11-53(47(85)18-37)122-55-20-39-21-56(70(55)126-81-71(69(107)68(106)57(32-99)124-81)125-59-28-82(4,72(108)34(3)121-59)90-30-35-16-40(31-89-29-35)73(109)91-43-23-41(83)22-42(84)24-43)123-54-12-9-38(19-48(54)86)67(105)65-79(115)95-63(80(116)98-120-13-6-14-127(117,118)119)46-25-44(100)26-52(102)60(46)45-17-36(7-10-51(45)101)61(76(112)97-65)94-77(113)62(39)93-75(111)50(27-58(87)103)92-78(64)114/h7-12,16-26,29,31,33-34,49-50,57,59,61-69,71-72,81,88,90,99-102,104-108H,6,13-15,27-28,30,32H2,1-5H3,(H2,87,103)(H,91,109)(H,92,114)(H,93,111)(H,94,113)(H,95,115)(H,96,110)(H,97,112)(H,98,116)(H,117,118,119). The van der Waals surface area contributed by atoms with Crippen molar-refractivity contribution in [2.45, 2.75) is 169 Å². The molecule has 2 fully saturated rings. The summed E-state index contributed by atoms with van der Waals surface area (Å²) in [4.78, 5) is 143. The first kappa shape index (κ1) is 95.2. The second-order valence-electron chi connectivity index (χ2n) is 31.3. The highest BCUT2D eigenvalue weighted by Gasteiger charge is 2.52. The number of halogens is 4. The monoisotopic (exact) mass is 1860 g/mol. The van der Waals surface area contributed by atoms with E-state index in [1.165, 1.54) is 56.7 Å². The van der Waals surface area contributed by atoms with E-state index in [9.17, 15) is 78.1 Å². The van der Waals surface area contributed by atoms with E-state index in [0.717, 1.165) is 72.8 Å². The molecule has 2 saturated heterocycles. The first-order chi connectivity index (χ1) is 60.1. The number of phenolic OH excluding ortho intramolecular Hbond substituents is 3. The number of anilines is 1. The van der Waals surface area contributed by atoms with E-state index in [-0.39, 0.29) is 52.0 Å². The molecule has 0 spiro atoms. The summed E-state index contributed by atoms with van der Waals surface area (Å²) in [6, 6.07) is 4.64. The predicted octanol–water partition coefficient (Wildman–Crippen LogP) is 3.13. The molecule has 0 aliphatic carbocycles. The van der Waals surface area contributed by atoms with Gasteiger partial charge in [0.15, 0.2) is 23.9 Å². The number of primary amides is 1. The first-order valence-electron chi connectivity index (χ1n) is 39.3. The van der Waals surface area contributed by atoms with Gasteiger partial charge in [0.2, 0.25) is 53.4 Å². The molecule has 7 aromatic rings. The van der Waals surface area contributed by atoms with Crippen molar-refractivity contribution in [3.8, 4) is 57.1 Å². The third-order valence-electron chi connectivity index (χ3n) is 21.4. The van der Waals surface area contributed by atoms with Crippen LogP contribution in [0.1, 0.15) is 127 Å². The molecule has 22 N–H and O–H groups in total. The molecule has 7 aliphatic heterocycles. The molecule has 18 unspecified atom stereocenters. The lowest BCUT2D eigenvalue weighted by Crippen LogP contribution is -2.65. The number of aliphatic hydroxyl groups excluding tert-OH is 6. The minimum absolute atomic E-state index is 0.0640. The van der Waals surface area contributed by atoms with Gasteiger partial charge in [-0.25, -0.2) is 5.48 Å². The Morgan fingerprint density at radius 3 is 1.98 bits per heavy atom. The number of aliphatic hydroxyl groups is 6. The molecule has 14 rings (SSSR count).